The second-order valence-electron chi connectivity index (χ2n) is 13.3. The van der Waals surface area contributed by atoms with Gasteiger partial charge in [-0.15, -0.1) is 0 Å². The van der Waals surface area contributed by atoms with Crippen molar-refractivity contribution in [2.45, 2.75) is 19.3 Å². The van der Waals surface area contributed by atoms with Gasteiger partial charge in [-0.2, -0.15) is 0 Å². The summed E-state index contributed by atoms with van der Waals surface area (Å²) in [4.78, 5) is 0. The summed E-state index contributed by atoms with van der Waals surface area (Å²) in [5.41, 5.74) is 24.0. The zero-order valence-electron chi connectivity index (χ0n) is 25.9. The highest BCUT2D eigenvalue weighted by Gasteiger charge is 2.23. The monoisotopic (exact) mass is 804 g/mol. The van der Waals surface area contributed by atoms with Crippen LogP contribution in [-0.4, -0.2) is 0 Å². The first-order chi connectivity index (χ1) is 23.4. The van der Waals surface area contributed by atoms with E-state index in [1.165, 1.54) is 100 Å². The van der Waals surface area contributed by atoms with Crippen LogP contribution >= 0.6 is 47.8 Å². The summed E-state index contributed by atoms with van der Waals surface area (Å²) in [6.45, 7) is 0. The van der Waals surface area contributed by atoms with Crippen LogP contribution in [0.3, 0.4) is 0 Å². The summed E-state index contributed by atoms with van der Waals surface area (Å²) >= 11 is 11.0. The first kappa shape index (κ1) is 28.9. The van der Waals surface area contributed by atoms with Crippen molar-refractivity contribution < 1.29 is 0 Å². The first-order valence-electron chi connectivity index (χ1n) is 16.3. The molecule has 0 aliphatic heterocycles. The van der Waals surface area contributed by atoms with Crippen molar-refractivity contribution in [3.8, 4) is 66.8 Å². The number of hydrogen-bond donors (Lipinski definition) is 0. The van der Waals surface area contributed by atoms with E-state index < -0.39 is 0 Å². The molecule has 0 fully saturated rings. The summed E-state index contributed by atoms with van der Waals surface area (Å²) in [5, 5.41) is 0. The van der Waals surface area contributed by atoms with Crippen molar-refractivity contribution in [2.24, 2.45) is 0 Å². The molecule has 3 aliphatic carbocycles. The molecule has 228 valence electrons. The van der Waals surface area contributed by atoms with Gasteiger partial charge < -0.3 is 0 Å². The minimum atomic E-state index is 0.966. The van der Waals surface area contributed by atoms with Crippen LogP contribution in [0.4, 0.5) is 0 Å². The Bertz CT molecular complexity index is 2230. The maximum atomic E-state index is 3.68. The molecule has 0 atom stereocenters. The molecule has 0 aromatic heterocycles. The molecule has 10 rings (SSSR count). The predicted octanol–water partition coefficient (Wildman–Crippen LogP) is 13.7. The molecule has 3 heteroatoms. The normalized spacial score (nSPS) is 13.1. The Morgan fingerprint density at radius 3 is 0.792 bits per heavy atom. The Kier molecular flexibility index (Phi) is 6.63. The van der Waals surface area contributed by atoms with Crippen LogP contribution in [0.5, 0.6) is 0 Å². The zero-order chi connectivity index (χ0) is 32.1. The van der Waals surface area contributed by atoms with Crippen LogP contribution in [0, 0.1) is 0 Å². The van der Waals surface area contributed by atoms with Crippen molar-refractivity contribution in [3.05, 3.63) is 174 Å². The standard InChI is InChI=1S/C45H27Br3/c46-37-4-10-43-34(22-37)19-31-13-25(1-7-40(31)43)28-16-29(26-2-8-41-32(14-26)20-35-23-38(47)5-11-44(35)41)18-30(17-28)27-3-9-42-33(15-27)21-36-24-39(48)6-12-45(36)42/h1-18,22-24H,19-21H2. The Hall–Kier alpha value is -4.02. The highest BCUT2D eigenvalue weighted by Crippen LogP contribution is 2.44. The van der Waals surface area contributed by atoms with Gasteiger partial charge in [0, 0.05) is 13.4 Å². The van der Waals surface area contributed by atoms with E-state index >= 15 is 0 Å². The molecular formula is C45H27Br3. The highest BCUT2D eigenvalue weighted by molar-refractivity contribution is 9.11. The number of rotatable bonds is 3. The lowest BCUT2D eigenvalue weighted by Gasteiger charge is -2.14. The SMILES string of the molecule is Brc1ccc2c(c1)Cc1cc(-c3cc(-c4ccc5c(c4)Cc4cc(Br)ccc4-5)cc(-c4ccc5c(c4)Cc4cc(Br)ccc4-5)c3)ccc1-2. The Morgan fingerprint density at radius 1 is 0.250 bits per heavy atom. The third-order valence-electron chi connectivity index (χ3n) is 10.5. The fraction of sp³-hybridized carbons (Fsp3) is 0.0667. The van der Waals surface area contributed by atoms with Crippen molar-refractivity contribution in [2.75, 3.05) is 0 Å². The molecule has 0 saturated heterocycles. The van der Waals surface area contributed by atoms with Crippen molar-refractivity contribution in [1.82, 2.24) is 0 Å². The van der Waals surface area contributed by atoms with Gasteiger partial charge in [-0.1, -0.05) is 121 Å². The summed E-state index contributed by atoms with van der Waals surface area (Å²) in [6.07, 6.45) is 2.90. The highest BCUT2D eigenvalue weighted by atomic mass is 79.9. The van der Waals surface area contributed by atoms with E-state index in [2.05, 4.69) is 175 Å². The van der Waals surface area contributed by atoms with Crippen LogP contribution in [-0.2, 0) is 19.3 Å². The Labute approximate surface area is 305 Å². The van der Waals surface area contributed by atoms with E-state index in [4.69, 9.17) is 0 Å². The molecule has 0 radical (unpaired) electrons. The van der Waals surface area contributed by atoms with Gasteiger partial charge in [-0.3, -0.25) is 0 Å². The number of benzene rings is 7. The van der Waals surface area contributed by atoms with Gasteiger partial charge in [0.2, 0.25) is 0 Å². The lowest BCUT2D eigenvalue weighted by molar-refractivity contribution is 1.26. The number of fused-ring (bicyclic) bond motifs is 9. The molecule has 7 aromatic carbocycles. The fourth-order valence-electron chi connectivity index (χ4n) is 8.20. The topological polar surface area (TPSA) is 0 Å². The molecule has 0 spiro atoms. The van der Waals surface area contributed by atoms with Gasteiger partial charge >= 0.3 is 0 Å². The average Bonchev–Trinajstić information content (AvgIpc) is 3.76. The van der Waals surface area contributed by atoms with E-state index in [1.54, 1.807) is 0 Å². The smallest absolute Gasteiger partial charge is 0.0178 e. The lowest BCUT2D eigenvalue weighted by Crippen LogP contribution is -1.90. The second kappa shape index (κ2) is 11.0. The summed E-state index contributed by atoms with van der Waals surface area (Å²) < 4.78 is 3.42. The molecule has 0 amide bonds. The van der Waals surface area contributed by atoms with Gasteiger partial charge in [0.05, 0.1) is 0 Å². The number of hydrogen-bond acceptors (Lipinski definition) is 0. The Morgan fingerprint density at radius 2 is 0.500 bits per heavy atom. The van der Waals surface area contributed by atoms with Gasteiger partial charge in [0.1, 0.15) is 0 Å². The van der Waals surface area contributed by atoms with Crippen LogP contribution < -0.4 is 0 Å². The second-order valence-corrected chi connectivity index (χ2v) is 16.1. The van der Waals surface area contributed by atoms with E-state index in [0.29, 0.717) is 0 Å². The predicted molar refractivity (Wildman–Crippen MR) is 211 cm³/mol. The minimum Gasteiger partial charge on any atom is -0.0537 e. The van der Waals surface area contributed by atoms with Gasteiger partial charge in [-0.05, 0) is 174 Å². The molecule has 0 unspecified atom stereocenters. The van der Waals surface area contributed by atoms with Gasteiger partial charge in [-0.25, -0.2) is 0 Å². The lowest BCUT2D eigenvalue weighted by atomic mass is 9.90. The quantitative estimate of drug-likeness (QED) is 0.167. The molecular weight excluding hydrogens is 780 g/mol. The van der Waals surface area contributed by atoms with Gasteiger partial charge in [0.15, 0.2) is 0 Å². The summed E-state index contributed by atoms with van der Waals surface area (Å²) in [7, 11) is 0. The van der Waals surface area contributed by atoms with E-state index in [1.807, 2.05) is 0 Å². The maximum Gasteiger partial charge on any atom is 0.0178 e. The van der Waals surface area contributed by atoms with Crippen molar-refractivity contribution >= 4 is 47.8 Å². The third kappa shape index (κ3) is 4.74. The molecule has 48 heavy (non-hydrogen) atoms. The van der Waals surface area contributed by atoms with Crippen molar-refractivity contribution in [1.29, 1.82) is 0 Å². The maximum absolute atomic E-state index is 3.68. The zero-order valence-corrected chi connectivity index (χ0v) is 30.6. The van der Waals surface area contributed by atoms with Gasteiger partial charge in [0.25, 0.3) is 0 Å². The molecule has 7 aromatic rings. The molecule has 3 aliphatic rings. The van der Waals surface area contributed by atoms with E-state index in [0.717, 1.165) is 32.7 Å². The Balaban J connectivity index is 1.10. The molecule has 0 nitrogen and oxygen atoms in total. The third-order valence-corrected chi connectivity index (χ3v) is 11.9. The fourth-order valence-corrected chi connectivity index (χ4v) is 9.43. The first-order valence-corrected chi connectivity index (χ1v) is 18.7. The minimum absolute atomic E-state index is 0.966. The average molecular weight is 807 g/mol. The molecule has 0 N–H and O–H groups in total. The van der Waals surface area contributed by atoms with Crippen LogP contribution in [0.15, 0.2) is 141 Å². The molecule has 0 heterocycles. The molecule has 0 saturated carbocycles. The summed E-state index contributed by atoms with van der Waals surface area (Å²) in [5.74, 6) is 0. The van der Waals surface area contributed by atoms with E-state index in [9.17, 15) is 0 Å². The van der Waals surface area contributed by atoms with Crippen molar-refractivity contribution in [3.63, 3.8) is 0 Å². The largest absolute Gasteiger partial charge is 0.0537 e. The summed E-state index contributed by atoms with van der Waals surface area (Å²) in [6, 6.07) is 48.4. The van der Waals surface area contributed by atoms with Crippen LogP contribution in [0.1, 0.15) is 33.4 Å². The molecule has 0 bridgehead atoms. The van der Waals surface area contributed by atoms with E-state index in [-0.39, 0.29) is 0 Å². The number of halogens is 3. The van der Waals surface area contributed by atoms with Crippen LogP contribution in [0.2, 0.25) is 0 Å². The van der Waals surface area contributed by atoms with Crippen LogP contribution in [0.25, 0.3) is 66.8 Å².